The molecule has 0 aliphatic heterocycles. The molecule has 3 nitrogen and oxygen atoms in total. The van der Waals surface area contributed by atoms with Crippen LogP contribution in [0.4, 0.5) is 0 Å². The Morgan fingerprint density at radius 3 is 2.40 bits per heavy atom. The Labute approximate surface area is 128 Å². The number of rotatable bonds is 3. The predicted octanol–water partition coefficient (Wildman–Crippen LogP) is 4.56. The summed E-state index contributed by atoms with van der Waals surface area (Å²) in [5, 5.41) is 5.31. The zero-order chi connectivity index (χ0) is 15.0. The van der Waals surface area contributed by atoms with Crippen LogP contribution in [0.1, 0.15) is 40.3 Å². The molecule has 106 valence electrons. The fourth-order valence-electron chi connectivity index (χ4n) is 2.15. The van der Waals surface area contributed by atoms with Crippen LogP contribution in [0, 0.1) is 20.8 Å². The van der Waals surface area contributed by atoms with Gasteiger partial charge < -0.3 is 0 Å². The van der Waals surface area contributed by atoms with Crippen molar-refractivity contribution in [1.82, 2.24) is 9.78 Å². The van der Waals surface area contributed by atoms with Gasteiger partial charge in [0, 0.05) is 16.3 Å². The highest BCUT2D eigenvalue weighted by molar-refractivity contribution is 6.36. The van der Waals surface area contributed by atoms with Crippen LogP contribution in [0.25, 0.3) is 0 Å². The summed E-state index contributed by atoms with van der Waals surface area (Å²) >= 11 is 12.0. The predicted molar refractivity (Wildman–Crippen MR) is 81.9 cm³/mol. The molecule has 0 N–H and O–H groups in total. The van der Waals surface area contributed by atoms with Gasteiger partial charge in [0.2, 0.25) is 0 Å². The van der Waals surface area contributed by atoms with Crippen LogP contribution in [0.3, 0.4) is 0 Å². The van der Waals surface area contributed by atoms with Crippen molar-refractivity contribution in [3.8, 4) is 0 Å². The number of halogens is 2. The van der Waals surface area contributed by atoms with Crippen molar-refractivity contribution < 1.29 is 4.79 Å². The highest BCUT2D eigenvalue weighted by atomic mass is 35.5. The number of aryl methyl sites for hydroxylation is 1. The Bertz CT molecular complexity index is 677. The molecular weight excluding hydrogens is 295 g/mol. The van der Waals surface area contributed by atoms with Crippen LogP contribution in [0.15, 0.2) is 18.2 Å². The third-order valence-corrected chi connectivity index (χ3v) is 4.18. The van der Waals surface area contributed by atoms with E-state index in [4.69, 9.17) is 23.2 Å². The van der Waals surface area contributed by atoms with Gasteiger partial charge in [0.25, 0.3) is 0 Å². The molecule has 0 saturated carbocycles. The maximum Gasteiger partial charge on any atom is 0.188 e. The molecule has 20 heavy (non-hydrogen) atoms. The second kappa shape index (κ2) is 5.58. The van der Waals surface area contributed by atoms with E-state index >= 15 is 0 Å². The van der Waals surface area contributed by atoms with Crippen LogP contribution in [0.5, 0.6) is 0 Å². The van der Waals surface area contributed by atoms with E-state index in [0.717, 1.165) is 17.0 Å². The van der Waals surface area contributed by atoms with Crippen molar-refractivity contribution in [2.24, 2.45) is 0 Å². The lowest BCUT2D eigenvalue weighted by Crippen LogP contribution is -2.19. The van der Waals surface area contributed by atoms with Crippen LogP contribution < -0.4 is 0 Å². The van der Waals surface area contributed by atoms with Gasteiger partial charge in [-0.05, 0) is 51.5 Å². The lowest BCUT2D eigenvalue weighted by molar-refractivity contribution is 0.0926. The summed E-state index contributed by atoms with van der Waals surface area (Å²) in [7, 11) is 0. The fourth-order valence-corrected chi connectivity index (χ4v) is 2.65. The van der Waals surface area contributed by atoms with E-state index in [9.17, 15) is 4.79 Å². The van der Waals surface area contributed by atoms with Gasteiger partial charge in [0.05, 0.1) is 10.7 Å². The van der Waals surface area contributed by atoms with Crippen LogP contribution in [-0.2, 0) is 0 Å². The first-order chi connectivity index (χ1) is 9.32. The largest absolute Gasteiger partial charge is 0.292 e. The summed E-state index contributed by atoms with van der Waals surface area (Å²) in [4.78, 5) is 12.6. The zero-order valence-corrected chi connectivity index (χ0v) is 13.4. The monoisotopic (exact) mass is 310 g/mol. The van der Waals surface area contributed by atoms with E-state index in [1.165, 1.54) is 0 Å². The molecule has 0 fully saturated rings. The number of hydrogen-bond acceptors (Lipinski definition) is 2. The minimum Gasteiger partial charge on any atom is -0.292 e. The average Bonchev–Trinajstić information content (AvgIpc) is 2.65. The van der Waals surface area contributed by atoms with Gasteiger partial charge in [-0.3, -0.25) is 9.48 Å². The third kappa shape index (κ3) is 2.60. The Morgan fingerprint density at radius 2 is 1.90 bits per heavy atom. The van der Waals surface area contributed by atoms with Gasteiger partial charge in [-0.25, -0.2) is 0 Å². The smallest absolute Gasteiger partial charge is 0.188 e. The van der Waals surface area contributed by atoms with E-state index < -0.39 is 6.04 Å². The normalized spacial score (nSPS) is 12.5. The minimum atomic E-state index is -0.402. The summed E-state index contributed by atoms with van der Waals surface area (Å²) in [5.41, 5.74) is 3.50. The van der Waals surface area contributed by atoms with Gasteiger partial charge in [-0.1, -0.05) is 23.2 Å². The third-order valence-electron chi connectivity index (χ3n) is 3.63. The maximum absolute atomic E-state index is 12.6. The molecule has 2 rings (SSSR count). The second-order valence-electron chi connectivity index (χ2n) is 4.90. The molecule has 1 aromatic carbocycles. The second-order valence-corrected chi connectivity index (χ2v) is 5.75. The number of benzene rings is 1. The summed E-state index contributed by atoms with van der Waals surface area (Å²) in [6.07, 6.45) is 0. The summed E-state index contributed by atoms with van der Waals surface area (Å²) in [5.74, 6) is -0.0720. The number of hydrogen-bond donors (Lipinski definition) is 0. The molecule has 0 radical (unpaired) electrons. The SMILES string of the molecule is Cc1nn(C(C)C(=O)c2ccc(Cl)cc2Cl)c(C)c1C. The summed E-state index contributed by atoms with van der Waals surface area (Å²) in [6, 6.07) is 4.50. The van der Waals surface area contributed by atoms with Crippen molar-refractivity contribution >= 4 is 29.0 Å². The topological polar surface area (TPSA) is 34.9 Å². The quantitative estimate of drug-likeness (QED) is 0.779. The van der Waals surface area contributed by atoms with E-state index in [-0.39, 0.29) is 5.78 Å². The van der Waals surface area contributed by atoms with E-state index in [2.05, 4.69) is 5.10 Å². The standard InChI is InChI=1S/C15H16Cl2N2O/c1-8-9(2)18-19(10(8)3)11(4)15(20)13-6-5-12(16)7-14(13)17/h5-7,11H,1-4H3. The molecule has 1 unspecified atom stereocenters. The number of Topliss-reactive ketones (excluding diaryl/α,β-unsaturated/α-hetero) is 1. The van der Waals surface area contributed by atoms with Crippen molar-refractivity contribution in [3.63, 3.8) is 0 Å². The van der Waals surface area contributed by atoms with Gasteiger partial charge in [-0.2, -0.15) is 5.10 Å². The Hall–Kier alpha value is -1.32. The molecule has 0 bridgehead atoms. The van der Waals surface area contributed by atoms with E-state index in [1.807, 2.05) is 27.7 Å². The lowest BCUT2D eigenvalue weighted by atomic mass is 10.1. The number of aromatic nitrogens is 2. The highest BCUT2D eigenvalue weighted by Crippen LogP contribution is 2.26. The number of nitrogens with zero attached hydrogens (tertiary/aromatic N) is 2. The van der Waals surface area contributed by atoms with Gasteiger partial charge in [-0.15, -0.1) is 0 Å². The lowest BCUT2D eigenvalue weighted by Gasteiger charge is -2.14. The average molecular weight is 311 g/mol. The summed E-state index contributed by atoms with van der Waals surface area (Å²) < 4.78 is 1.75. The van der Waals surface area contributed by atoms with Crippen molar-refractivity contribution in [2.75, 3.05) is 0 Å². The molecule has 1 aromatic heterocycles. The van der Waals surface area contributed by atoms with Gasteiger partial charge in [0.15, 0.2) is 5.78 Å². The van der Waals surface area contributed by atoms with Crippen LogP contribution >= 0.6 is 23.2 Å². The van der Waals surface area contributed by atoms with Crippen molar-refractivity contribution in [1.29, 1.82) is 0 Å². The number of ketones is 1. The molecule has 1 heterocycles. The maximum atomic E-state index is 12.6. The van der Waals surface area contributed by atoms with Crippen LogP contribution in [0.2, 0.25) is 10.0 Å². The molecule has 0 saturated heterocycles. The van der Waals surface area contributed by atoms with Crippen LogP contribution in [-0.4, -0.2) is 15.6 Å². The fraction of sp³-hybridized carbons (Fsp3) is 0.333. The summed E-state index contributed by atoms with van der Waals surface area (Å²) in [6.45, 7) is 7.72. The first kappa shape index (κ1) is 15.1. The Kier molecular flexibility index (Phi) is 4.21. The van der Waals surface area contributed by atoms with Gasteiger partial charge in [0.1, 0.15) is 6.04 Å². The zero-order valence-electron chi connectivity index (χ0n) is 11.9. The molecular formula is C15H16Cl2N2O. The van der Waals surface area contributed by atoms with Gasteiger partial charge >= 0.3 is 0 Å². The number of carbonyl (C=O) groups is 1. The molecule has 0 aliphatic carbocycles. The van der Waals surface area contributed by atoms with E-state index in [0.29, 0.717) is 15.6 Å². The molecule has 0 spiro atoms. The number of carbonyl (C=O) groups excluding carboxylic acids is 1. The molecule has 0 aliphatic rings. The molecule has 2 aromatic rings. The Balaban J connectivity index is 2.40. The highest BCUT2D eigenvalue weighted by Gasteiger charge is 2.22. The minimum absolute atomic E-state index is 0.0720. The molecule has 5 heteroatoms. The molecule has 0 amide bonds. The van der Waals surface area contributed by atoms with Crippen molar-refractivity contribution in [2.45, 2.75) is 33.7 Å². The first-order valence-corrected chi connectivity index (χ1v) is 7.10. The molecule has 1 atom stereocenters. The van der Waals surface area contributed by atoms with Crippen molar-refractivity contribution in [3.05, 3.63) is 50.8 Å². The first-order valence-electron chi connectivity index (χ1n) is 6.34. The van der Waals surface area contributed by atoms with E-state index in [1.54, 1.807) is 22.9 Å². The Morgan fingerprint density at radius 1 is 1.25 bits per heavy atom.